The molecule has 0 spiro atoms. The van der Waals surface area contributed by atoms with E-state index < -0.39 is 0 Å². The van der Waals surface area contributed by atoms with Gasteiger partial charge in [-0.3, -0.25) is 4.79 Å². The number of anilines is 1. The third-order valence-corrected chi connectivity index (χ3v) is 5.22. The van der Waals surface area contributed by atoms with Crippen LogP contribution in [0.25, 0.3) is 11.1 Å². The van der Waals surface area contributed by atoms with Gasteiger partial charge in [-0.15, -0.1) is 0 Å². The highest BCUT2D eigenvalue weighted by Gasteiger charge is 2.26. The Labute approximate surface area is 166 Å². The molecule has 5 nitrogen and oxygen atoms in total. The van der Waals surface area contributed by atoms with Crippen LogP contribution < -0.4 is 10.2 Å². The van der Waals surface area contributed by atoms with Crippen molar-refractivity contribution in [3.05, 3.63) is 42.5 Å². The van der Waals surface area contributed by atoms with Gasteiger partial charge in [0, 0.05) is 37.6 Å². The molecule has 0 radical (unpaired) electrons. The highest BCUT2D eigenvalue weighted by atomic mass is 19.1. The van der Waals surface area contributed by atoms with Gasteiger partial charge in [-0.25, -0.2) is 14.4 Å². The third kappa shape index (κ3) is 5.50. The molecule has 1 atom stereocenters. The lowest BCUT2D eigenvalue weighted by Gasteiger charge is -2.32. The fourth-order valence-electron chi connectivity index (χ4n) is 3.56. The van der Waals surface area contributed by atoms with Crippen molar-refractivity contribution in [2.45, 2.75) is 45.4 Å². The number of aromatic nitrogens is 2. The summed E-state index contributed by atoms with van der Waals surface area (Å²) in [6.45, 7) is 4.45. The van der Waals surface area contributed by atoms with Gasteiger partial charge in [-0.1, -0.05) is 38.3 Å². The lowest BCUT2D eigenvalue weighted by Crippen LogP contribution is -2.43. The predicted octanol–water partition coefficient (Wildman–Crippen LogP) is 4.20. The number of benzene rings is 1. The maximum absolute atomic E-state index is 13.1. The second-order valence-electron chi connectivity index (χ2n) is 7.42. The van der Waals surface area contributed by atoms with Crippen LogP contribution in [-0.2, 0) is 4.79 Å². The van der Waals surface area contributed by atoms with Crippen LogP contribution in [-0.4, -0.2) is 35.5 Å². The summed E-state index contributed by atoms with van der Waals surface area (Å²) in [6.07, 6.45) is 10.0. The van der Waals surface area contributed by atoms with E-state index in [0.29, 0.717) is 12.5 Å². The molecular formula is C22H29FN4O. The van der Waals surface area contributed by atoms with Crippen LogP contribution in [0.15, 0.2) is 36.7 Å². The lowest BCUT2D eigenvalue weighted by atomic mass is 9.97. The van der Waals surface area contributed by atoms with E-state index in [9.17, 15) is 9.18 Å². The summed E-state index contributed by atoms with van der Waals surface area (Å²) in [4.78, 5) is 23.5. The molecular weight excluding hydrogens is 355 g/mol. The first-order valence-corrected chi connectivity index (χ1v) is 10.3. The van der Waals surface area contributed by atoms with Gasteiger partial charge in [-0.2, -0.15) is 0 Å². The molecule has 2 aromatic rings. The van der Waals surface area contributed by atoms with E-state index in [1.165, 1.54) is 31.4 Å². The summed E-state index contributed by atoms with van der Waals surface area (Å²) in [5, 5.41) is 3.08. The maximum Gasteiger partial charge on any atom is 0.225 e. The Kier molecular flexibility index (Phi) is 7.34. The van der Waals surface area contributed by atoms with Gasteiger partial charge in [0.05, 0.1) is 5.92 Å². The number of piperidine rings is 1. The third-order valence-electron chi connectivity index (χ3n) is 5.22. The summed E-state index contributed by atoms with van der Waals surface area (Å²) in [7, 11) is 0. The second-order valence-corrected chi connectivity index (χ2v) is 7.42. The van der Waals surface area contributed by atoms with Crippen LogP contribution in [0.4, 0.5) is 10.3 Å². The van der Waals surface area contributed by atoms with Crippen LogP contribution in [0.1, 0.15) is 45.4 Å². The molecule has 28 heavy (non-hydrogen) atoms. The number of nitrogens with one attached hydrogen (secondary N) is 1. The van der Waals surface area contributed by atoms with E-state index in [2.05, 4.69) is 27.1 Å². The Bertz CT molecular complexity index is 748. The average molecular weight is 384 g/mol. The molecule has 0 saturated carbocycles. The van der Waals surface area contributed by atoms with Gasteiger partial charge < -0.3 is 10.2 Å². The molecule has 150 valence electrons. The monoisotopic (exact) mass is 384 g/mol. The summed E-state index contributed by atoms with van der Waals surface area (Å²) < 4.78 is 13.1. The normalized spacial score (nSPS) is 16.8. The first-order valence-electron chi connectivity index (χ1n) is 10.3. The number of rotatable bonds is 8. The summed E-state index contributed by atoms with van der Waals surface area (Å²) >= 11 is 0. The van der Waals surface area contributed by atoms with Crippen LogP contribution in [0.3, 0.4) is 0 Å². The smallest absolute Gasteiger partial charge is 0.225 e. The minimum atomic E-state index is -0.260. The van der Waals surface area contributed by atoms with E-state index in [0.717, 1.165) is 43.5 Å². The topological polar surface area (TPSA) is 58.1 Å². The first-order chi connectivity index (χ1) is 13.7. The Balaban J connectivity index is 1.55. The summed E-state index contributed by atoms with van der Waals surface area (Å²) in [5.41, 5.74) is 1.73. The van der Waals surface area contributed by atoms with E-state index in [4.69, 9.17) is 0 Å². The van der Waals surface area contributed by atoms with Crippen molar-refractivity contribution in [1.82, 2.24) is 15.3 Å². The molecule has 1 aliphatic rings. The quantitative estimate of drug-likeness (QED) is 0.693. The average Bonchev–Trinajstić information content (AvgIpc) is 2.74. The largest absolute Gasteiger partial charge is 0.356 e. The highest BCUT2D eigenvalue weighted by Crippen LogP contribution is 2.23. The van der Waals surface area contributed by atoms with Gasteiger partial charge >= 0.3 is 0 Å². The lowest BCUT2D eigenvalue weighted by molar-refractivity contribution is -0.125. The van der Waals surface area contributed by atoms with Crippen molar-refractivity contribution in [3.8, 4) is 11.1 Å². The zero-order valence-electron chi connectivity index (χ0n) is 16.5. The number of hydrogen-bond donors (Lipinski definition) is 1. The van der Waals surface area contributed by atoms with Crippen LogP contribution in [0.2, 0.25) is 0 Å². The van der Waals surface area contributed by atoms with Crippen molar-refractivity contribution in [3.63, 3.8) is 0 Å². The maximum atomic E-state index is 13.1. The van der Waals surface area contributed by atoms with Crippen molar-refractivity contribution < 1.29 is 9.18 Å². The zero-order valence-corrected chi connectivity index (χ0v) is 16.5. The molecule has 1 fully saturated rings. The van der Waals surface area contributed by atoms with Crippen LogP contribution in [0.5, 0.6) is 0 Å². The van der Waals surface area contributed by atoms with Gasteiger partial charge in [0.25, 0.3) is 0 Å². The Morgan fingerprint density at radius 1 is 1.14 bits per heavy atom. The highest BCUT2D eigenvalue weighted by molar-refractivity contribution is 5.79. The summed E-state index contributed by atoms with van der Waals surface area (Å²) in [6, 6.07) is 6.30. The SMILES string of the molecule is CCCCCCNC(=O)C1CCCN(c2ncc(-c3ccc(F)cc3)cn2)C1. The van der Waals surface area contributed by atoms with E-state index >= 15 is 0 Å². The number of hydrogen-bond acceptors (Lipinski definition) is 4. The molecule has 1 amide bonds. The molecule has 0 aliphatic carbocycles. The number of unbranched alkanes of at least 4 members (excludes halogenated alkanes) is 3. The Morgan fingerprint density at radius 3 is 2.61 bits per heavy atom. The van der Waals surface area contributed by atoms with Crippen LogP contribution in [0, 0.1) is 11.7 Å². The Morgan fingerprint density at radius 2 is 1.89 bits per heavy atom. The van der Waals surface area contributed by atoms with E-state index in [1.807, 2.05) is 0 Å². The van der Waals surface area contributed by atoms with Crippen molar-refractivity contribution in [1.29, 1.82) is 0 Å². The summed E-state index contributed by atoms with van der Waals surface area (Å²) in [5.74, 6) is 0.514. The second kappa shape index (κ2) is 10.2. The number of amides is 1. The van der Waals surface area contributed by atoms with Crippen LogP contribution >= 0.6 is 0 Å². The standard InChI is InChI=1S/C22H29FN4O/c1-2-3-4-5-12-24-21(28)18-7-6-13-27(16-18)22-25-14-19(15-26-22)17-8-10-20(23)11-9-17/h8-11,14-15,18H,2-7,12-13,16H2,1H3,(H,24,28). The van der Waals surface area contributed by atoms with E-state index in [-0.39, 0.29) is 17.6 Å². The number of carbonyl (C=O) groups excluding carboxylic acids is 1. The number of nitrogens with zero attached hydrogens (tertiary/aromatic N) is 3. The van der Waals surface area contributed by atoms with Crippen molar-refractivity contribution in [2.75, 3.05) is 24.5 Å². The Hall–Kier alpha value is -2.50. The molecule has 2 heterocycles. The van der Waals surface area contributed by atoms with E-state index in [1.54, 1.807) is 24.5 Å². The van der Waals surface area contributed by atoms with Gasteiger partial charge in [0.1, 0.15) is 5.82 Å². The molecule has 1 aliphatic heterocycles. The van der Waals surface area contributed by atoms with Gasteiger partial charge in [0.2, 0.25) is 11.9 Å². The minimum Gasteiger partial charge on any atom is -0.356 e. The molecule has 0 bridgehead atoms. The predicted molar refractivity (Wildman–Crippen MR) is 110 cm³/mol. The zero-order chi connectivity index (χ0) is 19.8. The number of halogens is 1. The molecule has 1 aromatic carbocycles. The molecule has 1 unspecified atom stereocenters. The number of carbonyl (C=O) groups is 1. The fourth-order valence-corrected chi connectivity index (χ4v) is 3.56. The molecule has 6 heteroatoms. The van der Waals surface area contributed by atoms with Gasteiger partial charge in [-0.05, 0) is 37.0 Å². The molecule has 1 N–H and O–H groups in total. The molecule has 1 saturated heterocycles. The molecule has 1 aromatic heterocycles. The molecule has 3 rings (SSSR count). The van der Waals surface area contributed by atoms with Crippen molar-refractivity contribution in [2.24, 2.45) is 5.92 Å². The minimum absolute atomic E-state index is 0.0136. The van der Waals surface area contributed by atoms with Crippen molar-refractivity contribution >= 4 is 11.9 Å². The van der Waals surface area contributed by atoms with Gasteiger partial charge in [0.15, 0.2) is 0 Å². The fraction of sp³-hybridized carbons (Fsp3) is 0.500. The first kappa shape index (κ1) is 20.2.